The Balaban J connectivity index is 1.49. The summed E-state index contributed by atoms with van der Waals surface area (Å²) >= 11 is 1.38. The maximum Gasteiger partial charge on any atom is 0.233 e. The van der Waals surface area contributed by atoms with Crippen LogP contribution < -0.4 is 0 Å². The fraction of sp³-hybridized carbons (Fsp3) is 0.500. The van der Waals surface area contributed by atoms with E-state index in [1.165, 1.54) is 43.5 Å². The standard InChI is InChI=1S/C22H27FN4OS/c1-2-13-27-21(17-10-4-5-11-18(17)23)24-25-22(27)29-15-20(28)26-14-7-9-16-8-3-6-12-19(16)26/h2,4-5,10-11,16,19H,1,3,6-9,12-15H2. The first kappa shape index (κ1) is 20.1. The van der Waals surface area contributed by atoms with Gasteiger partial charge in [0.2, 0.25) is 5.91 Å². The number of carbonyl (C=O) groups is 1. The molecular weight excluding hydrogens is 387 g/mol. The van der Waals surface area contributed by atoms with Crippen molar-refractivity contribution >= 4 is 17.7 Å². The molecule has 2 atom stereocenters. The van der Waals surface area contributed by atoms with E-state index >= 15 is 0 Å². The molecule has 2 aromatic rings. The summed E-state index contributed by atoms with van der Waals surface area (Å²) in [6.07, 6.45) is 8.98. The predicted octanol–water partition coefficient (Wildman–Crippen LogP) is 4.54. The molecule has 2 unspecified atom stereocenters. The maximum absolute atomic E-state index is 14.2. The predicted molar refractivity (Wildman–Crippen MR) is 113 cm³/mol. The normalized spacial score (nSPS) is 21.6. The van der Waals surface area contributed by atoms with E-state index in [-0.39, 0.29) is 11.7 Å². The van der Waals surface area contributed by atoms with E-state index in [4.69, 9.17) is 0 Å². The van der Waals surface area contributed by atoms with Gasteiger partial charge < -0.3 is 4.90 Å². The summed E-state index contributed by atoms with van der Waals surface area (Å²) < 4.78 is 16.1. The summed E-state index contributed by atoms with van der Waals surface area (Å²) in [6.45, 7) is 5.11. The fourth-order valence-electron chi connectivity index (χ4n) is 4.67. The Kier molecular flexibility index (Phi) is 6.33. The molecule has 2 aliphatic rings. The van der Waals surface area contributed by atoms with Crippen LogP contribution in [0.5, 0.6) is 0 Å². The Morgan fingerprint density at radius 2 is 2.00 bits per heavy atom. The van der Waals surface area contributed by atoms with Crippen LogP contribution >= 0.6 is 11.8 Å². The summed E-state index contributed by atoms with van der Waals surface area (Å²) in [5, 5.41) is 9.06. The third-order valence-electron chi connectivity index (χ3n) is 6.03. The van der Waals surface area contributed by atoms with Crippen LogP contribution in [0.15, 0.2) is 42.1 Å². The van der Waals surface area contributed by atoms with Crippen LogP contribution in [0.2, 0.25) is 0 Å². The minimum Gasteiger partial charge on any atom is -0.339 e. The number of carbonyl (C=O) groups excluding carboxylic acids is 1. The van der Waals surface area contributed by atoms with Gasteiger partial charge in [0.1, 0.15) is 5.82 Å². The maximum atomic E-state index is 14.2. The van der Waals surface area contributed by atoms with Crippen LogP contribution in [-0.4, -0.2) is 43.9 Å². The first-order chi connectivity index (χ1) is 14.2. The van der Waals surface area contributed by atoms with E-state index < -0.39 is 0 Å². The first-order valence-electron chi connectivity index (χ1n) is 10.4. The van der Waals surface area contributed by atoms with Crippen molar-refractivity contribution in [1.29, 1.82) is 0 Å². The number of thioether (sulfide) groups is 1. The summed E-state index contributed by atoms with van der Waals surface area (Å²) in [5.41, 5.74) is 0.404. The molecule has 1 aromatic carbocycles. The van der Waals surface area contributed by atoms with Crippen molar-refractivity contribution in [2.45, 2.75) is 56.3 Å². The Bertz CT molecular complexity index is 881. The lowest BCUT2D eigenvalue weighted by Crippen LogP contribution is -2.50. The molecule has 29 heavy (non-hydrogen) atoms. The van der Waals surface area contributed by atoms with Gasteiger partial charge in [-0.15, -0.1) is 16.8 Å². The molecule has 1 aromatic heterocycles. The lowest BCUT2D eigenvalue weighted by molar-refractivity contribution is -0.134. The molecule has 0 radical (unpaired) electrons. The van der Waals surface area contributed by atoms with Gasteiger partial charge in [-0.2, -0.15) is 0 Å². The van der Waals surface area contributed by atoms with Gasteiger partial charge in [0, 0.05) is 19.1 Å². The highest BCUT2D eigenvalue weighted by Gasteiger charge is 2.35. The second-order valence-electron chi connectivity index (χ2n) is 7.82. The van der Waals surface area contributed by atoms with Gasteiger partial charge in [-0.3, -0.25) is 9.36 Å². The zero-order valence-electron chi connectivity index (χ0n) is 16.6. The van der Waals surface area contributed by atoms with Gasteiger partial charge in [0.05, 0.1) is 11.3 Å². The molecule has 2 heterocycles. The van der Waals surface area contributed by atoms with E-state index in [1.54, 1.807) is 24.3 Å². The number of halogens is 1. The third kappa shape index (κ3) is 4.25. The number of nitrogens with zero attached hydrogens (tertiary/aromatic N) is 4. The second kappa shape index (κ2) is 9.11. The van der Waals surface area contributed by atoms with Crippen molar-refractivity contribution in [1.82, 2.24) is 19.7 Å². The summed E-state index contributed by atoms with van der Waals surface area (Å²) in [4.78, 5) is 15.1. The van der Waals surface area contributed by atoms with Crippen LogP contribution in [0.3, 0.4) is 0 Å². The highest BCUT2D eigenvalue weighted by atomic mass is 32.2. The molecule has 1 saturated carbocycles. The van der Waals surface area contributed by atoms with Crippen LogP contribution in [0.25, 0.3) is 11.4 Å². The van der Waals surface area contributed by atoms with Crippen molar-refractivity contribution in [2.24, 2.45) is 5.92 Å². The number of benzene rings is 1. The number of aromatic nitrogens is 3. The van der Waals surface area contributed by atoms with Crippen LogP contribution in [0, 0.1) is 11.7 Å². The Morgan fingerprint density at radius 3 is 2.83 bits per heavy atom. The van der Waals surface area contributed by atoms with Crippen LogP contribution in [0.1, 0.15) is 38.5 Å². The van der Waals surface area contributed by atoms with E-state index in [1.807, 2.05) is 4.57 Å². The number of likely N-dealkylation sites (tertiary alicyclic amines) is 1. The van der Waals surface area contributed by atoms with Crippen molar-refractivity contribution in [3.8, 4) is 11.4 Å². The molecule has 1 saturated heterocycles. The van der Waals surface area contributed by atoms with Gasteiger partial charge in [-0.05, 0) is 43.7 Å². The number of amides is 1. The Morgan fingerprint density at radius 1 is 1.21 bits per heavy atom. The zero-order valence-corrected chi connectivity index (χ0v) is 17.4. The minimum absolute atomic E-state index is 0.173. The largest absolute Gasteiger partial charge is 0.339 e. The molecule has 0 N–H and O–H groups in total. The first-order valence-corrected chi connectivity index (χ1v) is 11.4. The van der Waals surface area contributed by atoms with Crippen LogP contribution in [0.4, 0.5) is 4.39 Å². The van der Waals surface area contributed by atoms with E-state index in [0.717, 1.165) is 19.4 Å². The van der Waals surface area contributed by atoms with Gasteiger partial charge in [-0.1, -0.05) is 42.8 Å². The van der Waals surface area contributed by atoms with Gasteiger partial charge in [0.15, 0.2) is 11.0 Å². The fourth-order valence-corrected chi connectivity index (χ4v) is 5.51. The number of fused-ring (bicyclic) bond motifs is 1. The summed E-state index contributed by atoms with van der Waals surface area (Å²) in [6, 6.07) is 6.94. The van der Waals surface area contributed by atoms with Gasteiger partial charge in [0.25, 0.3) is 0 Å². The number of hydrogen-bond acceptors (Lipinski definition) is 4. The molecule has 1 aliphatic heterocycles. The molecule has 0 bridgehead atoms. The summed E-state index contributed by atoms with van der Waals surface area (Å²) in [5.74, 6) is 1.30. The molecule has 4 rings (SSSR count). The van der Waals surface area contributed by atoms with Crippen molar-refractivity contribution in [3.05, 3.63) is 42.7 Å². The number of rotatable bonds is 6. The van der Waals surface area contributed by atoms with Crippen LogP contribution in [-0.2, 0) is 11.3 Å². The number of allylic oxidation sites excluding steroid dienone is 1. The minimum atomic E-state index is -0.338. The molecule has 7 heteroatoms. The molecule has 1 amide bonds. The Labute approximate surface area is 175 Å². The highest BCUT2D eigenvalue weighted by molar-refractivity contribution is 7.99. The molecule has 0 spiro atoms. The molecule has 154 valence electrons. The Hall–Kier alpha value is -2.15. The van der Waals surface area contributed by atoms with Crippen molar-refractivity contribution < 1.29 is 9.18 Å². The topological polar surface area (TPSA) is 51.0 Å². The van der Waals surface area contributed by atoms with Crippen molar-refractivity contribution in [3.63, 3.8) is 0 Å². The third-order valence-corrected chi connectivity index (χ3v) is 6.98. The lowest BCUT2D eigenvalue weighted by atomic mass is 9.78. The average Bonchev–Trinajstić information content (AvgIpc) is 3.14. The molecule has 5 nitrogen and oxygen atoms in total. The monoisotopic (exact) mass is 414 g/mol. The van der Waals surface area contributed by atoms with E-state index in [2.05, 4.69) is 21.7 Å². The second-order valence-corrected chi connectivity index (χ2v) is 8.76. The zero-order chi connectivity index (χ0) is 20.2. The molecule has 2 fully saturated rings. The molecular formula is C22H27FN4OS. The molecule has 1 aliphatic carbocycles. The lowest BCUT2D eigenvalue weighted by Gasteiger charge is -2.44. The quantitative estimate of drug-likeness (QED) is 0.514. The van der Waals surface area contributed by atoms with Crippen molar-refractivity contribution in [2.75, 3.05) is 12.3 Å². The van der Waals surface area contributed by atoms with E-state index in [9.17, 15) is 9.18 Å². The van der Waals surface area contributed by atoms with Gasteiger partial charge in [-0.25, -0.2) is 4.39 Å². The number of hydrogen-bond donors (Lipinski definition) is 0. The van der Waals surface area contributed by atoms with E-state index in [0.29, 0.717) is 40.8 Å². The average molecular weight is 415 g/mol. The van der Waals surface area contributed by atoms with Gasteiger partial charge >= 0.3 is 0 Å². The summed E-state index contributed by atoms with van der Waals surface area (Å²) in [7, 11) is 0. The smallest absolute Gasteiger partial charge is 0.233 e. The SMILES string of the molecule is C=CCn1c(SCC(=O)N2CCCC3CCCCC32)nnc1-c1ccccc1F. The number of piperidine rings is 1. The highest BCUT2D eigenvalue weighted by Crippen LogP contribution is 2.36.